The highest BCUT2D eigenvalue weighted by atomic mass is 35.5. The molecule has 0 radical (unpaired) electrons. The standard InChI is InChI=1S/C13H10ClF2N3O/c14-9-3-5-6(4-18-13(5)19-9)12(20)10-7(15)1-2-8(17)11(10)16/h1-4,12,18-20H,17H2. The quantitative estimate of drug-likeness (QED) is 0.549. The number of benzene rings is 1. The van der Waals surface area contributed by atoms with Gasteiger partial charge in [-0.15, -0.1) is 0 Å². The van der Waals surface area contributed by atoms with Crippen LogP contribution in [-0.2, 0) is 0 Å². The van der Waals surface area contributed by atoms with Crippen molar-refractivity contribution in [3.05, 3.63) is 52.3 Å². The zero-order valence-electron chi connectivity index (χ0n) is 10.0. The number of aromatic nitrogens is 2. The van der Waals surface area contributed by atoms with Crippen molar-refractivity contribution in [3.8, 4) is 0 Å². The van der Waals surface area contributed by atoms with Gasteiger partial charge in [0, 0.05) is 17.1 Å². The average Bonchev–Trinajstić information content (AvgIpc) is 2.92. The molecule has 0 amide bonds. The SMILES string of the molecule is Nc1ccc(F)c(C(O)c2c[nH]c3[nH]c(Cl)cc23)c1F. The number of rotatable bonds is 2. The van der Waals surface area contributed by atoms with Crippen molar-refractivity contribution in [2.24, 2.45) is 0 Å². The Morgan fingerprint density at radius 3 is 2.80 bits per heavy atom. The third kappa shape index (κ3) is 1.85. The Morgan fingerprint density at radius 1 is 1.30 bits per heavy atom. The van der Waals surface area contributed by atoms with E-state index in [1.54, 1.807) is 6.07 Å². The molecule has 7 heteroatoms. The van der Waals surface area contributed by atoms with Crippen molar-refractivity contribution in [2.45, 2.75) is 6.10 Å². The third-order valence-corrected chi connectivity index (χ3v) is 3.40. The van der Waals surface area contributed by atoms with Crippen LogP contribution in [0.5, 0.6) is 0 Å². The van der Waals surface area contributed by atoms with E-state index in [2.05, 4.69) is 9.97 Å². The number of anilines is 1. The van der Waals surface area contributed by atoms with Crippen LogP contribution in [0, 0.1) is 11.6 Å². The number of aliphatic hydroxyl groups excluding tert-OH is 1. The molecular formula is C13H10ClF2N3O. The van der Waals surface area contributed by atoms with Crippen LogP contribution in [0.25, 0.3) is 11.0 Å². The fourth-order valence-corrected chi connectivity index (χ4v) is 2.41. The molecule has 1 unspecified atom stereocenters. The van der Waals surface area contributed by atoms with E-state index in [1.807, 2.05) is 0 Å². The number of fused-ring (bicyclic) bond motifs is 1. The maximum absolute atomic E-state index is 13.9. The molecule has 2 aromatic heterocycles. The highest BCUT2D eigenvalue weighted by molar-refractivity contribution is 6.30. The first-order valence-electron chi connectivity index (χ1n) is 5.76. The van der Waals surface area contributed by atoms with E-state index in [0.29, 0.717) is 21.7 Å². The van der Waals surface area contributed by atoms with Gasteiger partial charge in [-0.3, -0.25) is 0 Å². The van der Waals surface area contributed by atoms with Gasteiger partial charge in [0.25, 0.3) is 0 Å². The Hall–Kier alpha value is -2.05. The summed E-state index contributed by atoms with van der Waals surface area (Å²) in [7, 11) is 0. The summed E-state index contributed by atoms with van der Waals surface area (Å²) in [4.78, 5) is 5.65. The molecule has 4 nitrogen and oxygen atoms in total. The Morgan fingerprint density at radius 2 is 2.05 bits per heavy atom. The second kappa shape index (κ2) is 4.50. The van der Waals surface area contributed by atoms with Gasteiger partial charge in [-0.2, -0.15) is 0 Å². The molecule has 104 valence electrons. The van der Waals surface area contributed by atoms with E-state index in [9.17, 15) is 13.9 Å². The van der Waals surface area contributed by atoms with Crippen molar-refractivity contribution in [2.75, 3.05) is 5.73 Å². The first-order chi connectivity index (χ1) is 9.49. The van der Waals surface area contributed by atoms with Crippen molar-refractivity contribution in [1.82, 2.24) is 9.97 Å². The smallest absolute Gasteiger partial charge is 0.155 e. The summed E-state index contributed by atoms with van der Waals surface area (Å²) in [6, 6.07) is 3.69. The summed E-state index contributed by atoms with van der Waals surface area (Å²) in [5.74, 6) is -1.83. The zero-order chi connectivity index (χ0) is 14.4. The van der Waals surface area contributed by atoms with Gasteiger partial charge in [-0.05, 0) is 18.2 Å². The Kier molecular flexibility index (Phi) is 2.92. The van der Waals surface area contributed by atoms with Crippen LogP contribution < -0.4 is 5.73 Å². The minimum Gasteiger partial charge on any atom is -0.396 e. The topological polar surface area (TPSA) is 77.8 Å². The summed E-state index contributed by atoms with van der Waals surface area (Å²) >= 11 is 5.81. The number of hydrogen-bond donors (Lipinski definition) is 4. The predicted octanol–water partition coefficient (Wildman–Crippen LogP) is 3.09. The minimum absolute atomic E-state index is 0.223. The normalized spacial score (nSPS) is 13.0. The summed E-state index contributed by atoms with van der Waals surface area (Å²) < 4.78 is 27.7. The summed E-state index contributed by atoms with van der Waals surface area (Å²) in [5, 5.41) is 11.2. The van der Waals surface area contributed by atoms with Crippen LogP contribution in [0.1, 0.15) is 17.2 Å². The molecule has 0 spiro atoms. The Balaban J connectivity index is 2.17. The van der Waals surface area contributed by atoms with Gasteiger partial charge < -0.3 is 20.8 Å². The van der Waals surface area contributed by atoms with Crippen molar-refractivity contribution < 1.29 is 13.9 Å². The van der Waals surface area contributed by atoms with Gasteiger partial charge in [0.05, 0.1) is 11.3 Å². The molecule has 0 fully saturated rings. The first-order valence-corrected chi connectivity index (χ1v) is 6.13. The van der Waals surface area contributed by atoms with Gasteiger partial charge in [-0.1, -0.05) is 11.6 Å². The Bertz CT molecular complexity index is 796. The Labute approximate surface area is 117 Å². The lowest BCUT2D eigenvalue weighted by Gasteiger charge is -2.13. The molecular weight excluding hydrogens is 288 g/mol. The fraction of sp³-hybridized carbons (Fsp3) is 0.0769. The van der Waals surface area contributed by atoms with Crippen molar-refractivity contribution >= 4 is 28.3 Å². The lowest BCUT2D eigenvalue weighted by molar-refractivity contribution is 0.211. The van der Waals surface area contributed by atoms with Gasteiger partial charge in [0.1, 0.15) is 22.7 Å². The van der Waals surface area contributed by atoms with E-state index < -0.39 is 23.3 Å². The van der Waals surface area contributed by atoms with Crippen molar-refractivity contribution in [3.63, 3.8) is 0 Å². The van der Waals surface area contributed by atoms with E-state index in [1.165, 1.54) is 6.20 Å². The van der Waals surface area contributed by atoms with E-state index >= 15 is 0 Å². The molecule has 1 aromatic carbocycles. The van der Waals surface area contributed by atoms with E-state index in [4.69, 9.17) is 17.3 Å². The number of halogens is 3. The molecule has 0 saturated heterocycles. The van der Waals surface area contributed by atoms with E-state index in [-0.39, 0.29) is 5.69 Å². The molecule has 0 aliphatic heterocycles. The largest absolute Gasteiger partial charge is 0.396 e. The molecule has 1 atom stereocenters. The van der Waals surface area contributed by atoms with Crippen LogP contribution in [0.2, 0.25) is 5.15 Å². The monoisotopic (exact) mass is 297 g/mol. The number of aliphatic hydroxyl groups is 1. The fourth-order valence-electron chi connectivity index (χ4n) is 2.21. The second-order valence-electron chi connectivity index (χ2n) is 4.42. The van der Waals surface area contributed by atoms with Gasteiger partial charge in [0.15, 0.2) is 5.82 Å². The number of nitrogens with one attached hydrogen (secondary N) is 2. The van der Waals surface area contributed by atoms with Gasteiger partial charge in [0.2, 0.25) is 0 Å². The molecule has 0 saturated carbocycles. The van der Waals surface area contributed by atoms with Crippen LogP contribution in [0.4, 0.5) is 14.5 Å². The highest BCUT2D eigenvalue weighted by Gasteiger charge is 2.24. The average molecular weight is 298 g/mol. The molecule has 3 rings (SSSR count). The first kappa shape index (κ1) is 13.0. The highest BCUT2D eigenvalue weighted by Crippen LogP contribution is 2.34. The molecule has 2 heterocycles. The lowest BCUT2D eigenvalue weighted by Crippen LogP contribution is -2.07. The van der Waals surface area contributed by atoms with E-state index in [0.717, 1.165) is 12.1 Å². The second-order valence-corrected chi connectivity index (χ2v) is 4.82. The van der Waals surface area contributed by atoms with Gasteiger partial charge >= 0.3 is 0 Å². The molecule has 3 aromatic rings. The maximum atomic E-state index is 13.9. The maximum Gasteiger partial charge on any atom is 0.155 e. The van der Waals surface area contributed by atoms with Crippen molar-refractivity contribution in [1.29, 1.82) is 0 Å². The van der Waals surface area contributed by atoms with Crippen LogP contribution in [0.3, 0.4) is 0 Å². The summed E-state index contributed by atoms with van der Waals surface area (Å²) in [6.45, 7) is 0. The molecule has 5 N–H and O–H groups in total. The summed E-state index contributed by atoms with van der Waals surface area (Å²) in [6.07, 6.45) is -0.0244. The minimum atomic E-state index is -1.49. The predicted molar refractivity (Wildman–Crippen MR) is 72.5 cm³/mol. The number of nitrogens with two attached hydrogens (primary N) is 1. The molecule has 0 aliphatic rings. The number of hydrogen-bond acceptors (Lipinski definition) is 2. The number of aromatic amines is 2. The van der Waals surface area contributed by atoms with Gasteiger partial charge in [-0.25, -0.2) is 8.78 Å². The lowest BCUT2D eigenvalue weighted by atomic mass is 10.0. The molecule has 20 heavy (non-hydrogen) atoms. The summed E-state index contributed by atoms with van der Waals surface area (Å²) in [5.41, 5.74) is 5.58. The van der Waals surface area contributed by atoms with Crippen LogP contribution in [0.15, 0.2) is 24.4 Å². The number of nitrogen functional groups attached to an aromatic ring is 1. The number of H-pyrrole nitrogens is 2. The van der Waals surface area contributed by atoms with Crippen LogP contribution in [-0.4, -0.2) is 15.1 Å². The molecule has 0 bridgehead atoms. The third-order valence-electron chi connectivity index (χ3n) is 3.19. The molecule has 0 aliphatic carbocycles. The zero-order valence-corrected chi connectivity index (χ0v) is 10.8. The van der Waals surface area contributed by atoms with Crippen LogP contribution >= 0.6 is 11.6 Å².